The molecule has 7 nitrogen and oxygen atoms in total. The van der Waals surface area contributed by atoms with Gasteiger partial charge in [0.05, 0.1) is 36.4 Å². The van der Waals surface area contributed by atoms with Gasteiger partial charge in [-0.15, -0.1) is 0 Å². The number of benzene rings is 2. The fourth-order valence-corrected chi connectivity index (χ4v) is 2.98. The summed E-state index contributed by atoms with van der Waals surface area (Å²) in [7, 11) is 0. The molecule has 3 amide bonds. The number of nitrogens with two attached hydrogens (primary N) is 1. The number of primary amides is 1. The summed E-state index contributed by atoms with van der Waals surface area (Å²) in [6.45, 7) is 1.08. The summed E-state index contributed by atoms with van der Waals surface area (Å²) in [4.78, 5) is 23.8. The van der Waals surface area contributed by atoms with Crippen molar-refractivity contribution in [1.29, 1.82) is 0 Å². The summed E-state index contributed by atoms with van der Waals surface area (Å²) in [5.41, 5.74) is 6.43. The second-order valence-electron chi connectivity index (χ2n) is 6.05. The highest BCUT2D eigenvalue weighted by Gasteiger charge is 2.20. The molecule has 1 aliphatic heterocycles. The number of fused-ring (bicyclic) bond motifs is 1. The maximum atomic E-state index is 12.5. The molecule has 0 bridgehead atoms. The third kappa shape index (κ3) is 5.04. The van der Waals surface area contributed by atoms with Crippen LogP contribution in [0.3, 0.4) is 0 Å². The fraction of sp³-hybridized carbons (Fsp3) is 0.263. The zero-order chi connectivity index (χ0) is 19.2. The zero-order valence-electron chi connectivity index (χ0n) is 14.5. The minimum absolute atomic E-state index is 0.00226. The smallest absolute Gasteiger partial charge is 0.312 e. The van der Waals surface area contributed by atoms with Gasteiger partial charge in [0.25, 0.3) is 0 Å². The van der Waals surface area contributed by atoms with E-state index in [1.807, 2.05) is 30.3 Å². The number of amides is 3. The maximum Gasteiger partial charge on any atom is 0.312 e. The van der Waals surface area contributed by atoms with Gasteiger partial charge in [-0.25, -0.2) is 4.79 Å². The van der Waals surface area contributed by atoms with Gasteiger partial charge < -0.3 is 25.8 Å². The molecule has 0 saturated carbocycles. The Bertz CT molecular complexity index is 829. The van der Waals surface area contributed by atoms with Crippen LogP contribution in [-0.4, -0.2) is 25.2 Å². The summed E-state index contributed by atoms with van der Waals surface area (Å²) >= 11 is 6.26. The second kappa shape index (κ2) is 8.64. The predicted molar refractivity (Wildman–Crippen MR) is 102 cm³/mol. The fourth-order valence-electron chi connectivity index (χ4n) is 2.78. The second-order valence-corrected chi connectivity index (χ2v) is 6.46. The molecule has 2 aromatic carbocycles. The first kappa shape index (κ1) is 18.8. The number of rotatable bonds is 5. The van der Waals surface area contributed by atoms with Crippen LogP contribution in [0.25, 0.3) is 0 Å². The molecule has 0 radical (unpaired) electrons. The molecule has 0 unspecified atom stereocenters. The molecule has 1 atom stereocenters. The highest BCUT2D eigenvalue weighted by Crippen LogP contribution is 2.37. The number of nitrogens with one attached hydrogen (secondary N) is 2. The van der Waals surface area contributed by atoms with E-state index in [1.165, 1.54) is 0 Å². The Morgan fingerprint density at radius 3 is 2.44 bits per heavy atom. The monoisotopic (exact) mass is 389 g/mol. The molecule has 8 heteroatoms. The lowest BCUT2D eigenvalue weighted by Crippen LogP contribution is -2.35. The topological polar surface area (TPSA) is 103 Å². The van der Waals surface area contributed by atoms with Gasteiger partial charge in [-0.3, -0.25) is 4.79 Å². The minimum atomic E-state index is -0.703. The van der Waals surface area contributed by atoms with Crippen LogP contribution in [0.5, 0.6) is 11.5 Å². The lowest BCUT2D eigenvalue weighted by Gasteiger charge is -2.18. The first-order valence-electron chi connectivity index (χ1n) is 8.53. The largest absolute Gasteiger partial charge is 0.490 e. The molecular formula is C19H20ClN3O4. The molecule has 0 saturated heterocycles. The van der Waals surface area contributed by atoms with E-state index >= 15 is 0 Å². The highest BCUT2D eigenvalue weighted by atomic mass is 35.5. The molecule has 27 heavy (non-hydrogen) atoms. The Morgan fingerprint density at radius 2 is 1.78 bits per heavy atom. The molecule has 142 valence electrons. The van der Waals surface area contributed by atoms with E-state index in [1.54, 1.807) is 12.1 Å². The van der Waals surface area contributed by atoms with Crippen molar-refractivity contribution in [2.75, 3.05) is 18.5 Å². The van der Waals surface area contributed by atoms with E-state index in [4.69, 9.17) is 26.8 Å². The number of ether oxygens (including phenoxy) is 2. The molecular weight excluding hydrogens is 370 g/mol. The third-order valence-electron chi connectivity index (χ3n) is 4.02. The van der Waals surface area contributed by atoms with Crippen LogP contribution in [0, 0.1) is 0 Å². The summed E-state index contributed by atoms with van der Waals surface area (Å²) < 4.78 is 11.2. The predicted octanol–water partition coefficient (Wildman–Crippen LogP) is 3.24. The molecule has 2 aromatic rings. The van der Waals surface area contributed by atoms with Gasteiger partial charge in [-0.1, -0.05) is 41.9 Å². The number of urea groups is 1. The Hall–Kier alpha value is -2.93. The summed E-state index contributed by atoms with van der Waals surface area (Å²) in [5, 5.41) is 5.68. The van der Waals surface area contributed by atoms with Crippen LogP contribution in [0.2, 0.25) is 5.02 Å². The van der Waals surface area contributed by atoms with Crippen LogP contribution in [0.1, 0.15) is 24.4 Å². The van der Waals surface area contributed by atoms with Gasteiger partial charge in [0, 0.05) is 18.6 Å². The van der Waals surface area contributed by atoms with Crippen molar-refractivity contribution in [2.45, 2.75) is 18.9 Å². The van der Waals surface area contributed by atoms with Crippen LogP contribution in [-0.2, 0) is 4.79 Å². The molecule has 1 heterocycles. The van der Waals surface area contributed by atoms with E-state index in [9.17, 15) is 9.59 Å². The Balaban J connectivity index is 1.74. The molecule has 0 fully saturated rings. The van der Waals surface area contributed by atoms with Gasteiger partial charge >= 0.3 is 6.03 Å². The van der Waals surface area contributed by atoms with Crippen LogP contribution >= 0.6 is 11.6 Å². The number of hydrogen-bond acceptors (Lipinski definition) is 4. The Kier molecular flexibility index (Phi) is 6.03. The van der Waals surface area contributed by atoms with Crippen molar-refractivity contribution in [3.05, 3.63) is 53.1 Å². The first-order valence-corrected chi connectivity index (χ1v) is 8.90. The van der Waals surface area contributed by atoms with Crippen molar-refractivity contribution in [3.8, 4) is 11.5 Å². The lowest BCUT2D eigenvalue weighted by molar-refractivity contribution is -0.116. The molecule has 0 aliphatic carbocycles. The van der Waals surface area contributed by atoms with Crippen molar-refractivity contribution in [2.24, 2.45) is 5.73 Å². The van der Waals surface area contributed by atoms with Gasteiger partial charge in [-0.2, -0.15) is 0 Å². The quantitative estimate of drug-likeness (QED) is 0.730. The van der Waals surface area contributed by atoms with E-state index in [2.05, 4.69) is 10.6 Å². The first-order chi connectivity index (χ1) is 13.0. The normalized spacial score (nSPS) is 14.0. The lowest BCUT2D eigenvalue weighted by atomic mass is 10.0. The van der Waals surface area contributed by atoms with Gasteiger partial charge in [0.2, 0.25) is 5.91 Å². The third-order valence-corrected chi connectivity index (χ3v) is 4.33. The molecule has 4 N–H and O–H groups in total. The van der Waals surface area contributed by atoms with Gasteiger partial charge in [0.1, 0.15) is 0 Å². The highest BCUT2D eigenvalue weighted by molar-refractivity contribution is 6.34. The van der Waals surface area contributed by atoms with Gasteiger partial charge in [0.15, 0.2) is 11.5 Å². The van der Waals surface area contributed by atoms with E-state index < -0.39 is 12.1 Å². The van der Waals surface area contributed by atoms with Crippen molar-refractivity contribution in [1.82, 2.24) is 5.32 Å². The van der Waals surface area contributed by atoms with E-state index in [-0.39, 0.29) is 12.3 Å². The molecule has 0 spiro atoms. The zero-order valence-corrected chi connectivity index (χ0v) is 15.3. The molecule has 1 aliphatic rings. The summed E-state index contributed by atoms with van der Waals surface area (Å²) in [6, 6.07) is 11.1. The Morgan fingerprint density at radius 1 is 1.11 bits per heavy atom. The average molecular weight is 390 g/mol. The molecule has 3 rings (SSSR count). The van der Waals surface area contributed by atoms with E-state index in [0.717, 1.165) is 12.0 Å². The number of anilines is 1. The molecule has 0 aromatic heterocycles. The van der Waals surface area contributed by atoms with Crippen molar-refractivity contribution < 1.29 is 19.1 Å². The Labute approximate surface area is 161 Å². The number of carbonyl (C=O) groups excluding carboxylic acids is 2. The SMILES string of the molecule is NC(=O)N[C@@H](CC(=O)Nc1cc2c(cc1Cl)OCCCO2)c1ccccc1. The number of hydrogen-bond donors (Lipinski definition) is 3. The maximum absolute atomic E-state index is 12.5. The van der Waals surface area contributed by atoms with Crippen LogP contribution in [0.4, 0.5) is 10.5 Å². The van der Waals surface area contributed by atoms with Gasteiger partial charge in [-0.05, 0) is 5.56 Å². The number of carbonyl (C=O) groups is 2. The van der Waals surface area contributed by atoms with E-state index in [0.29, 0.717) is 35.4 Å². The van der Waals surface area contributed by atoms with Crippen molar-refractivity contribution >= 4 is 29.2 Å². The van der Waals surface area contributed by atoms with Crippen LogP contribution in [0.15, 0.2) is 42.5 Å². The minimum Gasteiger partial charge on any atom is -0.490 e. The van der Waals surface area contributed by atoms with Crippen molar-refractivity contribution in [3.63, 3.8) is 0 Å². The number of halogens is 1. The standard InChI is InChI=1S/C19H20ClN3O4/c20-13-9-16-17(27-8-4-7-26-16)10-15(13)22-18(24)11-14(23-19(21)25)12-5-2-1-3-6-12/h1-3,5-6,9-10,14H,4,7-8,11H2,(H,22,24)(H3,21,23,25)/t14-/m0/s1. The average Bonchev–Trinajstić information content (AvgIpc) is 2.87. The summed E-state index contributed by atoms with van der Waals surface area (Å²) in [5.74, 6) is 0.754. The van der Waals surface area contributed by atoms with Crippen LogP contribution < -0.4 is 25.8 Å². The summed E-state index contributed by atoms with van der Waals surface area (Å²) in [6.07, 6.45) is 0.767.